The molecule has 1 aliphatic rings. The lowest BCUT2D eigenvalue weighted by Crippen LogP contribution is -2.20. The number of likely N-dealkylation sites (tertiary alicyclic amines) is 1. The van der Waals surface area contributed by atoms with Crippen LogP contribution in [0.2, 0.25) is 0 Å². The number of aromatic nitrogens is 1. The van der Waals surface area contributed by atoms with E-state index in [1.54, 1.807) is 0 Å². The number of thiol groups is 1. The molecule has 1 unspecified atom stereocenters. The SMILES string of the molecule is SC1CCN(Cc2ccccn2)C1. The van der Waals surface area contributed by atoms with E-state index in [-0.39, 0.29) is 0 Å². The van der Waals surface area contributed by atoms with Gasteiger partial charge in [-0.3, -0.25) is 9.88 Å². The van der Waals surface area contributed by atoms with Crippen LogP contribution in [0, 0.1) is 0 Å². The molecule has 1 saturated heterocycles. The highest BCUT2D eigenvalue weighted by Crippen LogP contribution is 2.15. The summed E-state index contributed by atoms with van der Waals surface area (Å²) in [5, 5.41) is 0.559. The second kappa shape index (κ2) is 4.11. The first-order valence-corrected chi connectivity index (χ1v) is 5.16. The van der Waals surface area contributed by atoms with Crippen molar-refractivity contribution < 1.29 is 0 Å². The molecule has 0 bridgehead atoms. The van der Waals surface area contributed by atoms with Crippen LogP contribution in [0.4, 0.5) is 0 Å². The van der Waals surface area contributed by atoms with Gasteiger partial charge >= 0.3 is 0 Å². The highest BCUT2D eigenvalue weighted by Gasteiger charge is 2.19. The van der Waals surface area contributed by atoms with Gasteiger partial charge in [0.2, 0.25) is 0 Å². The van der Waals surface area contributed by atoms with Gasteiger partial charge in [-0.2, -0.15) is 12.6 Å². The van der Waals surface area contributed by atoms with Crippen LogP contribution in [0.25, 0.3) is 0 Å². The molecule has 0 spiro atoms. The molecule has 13 heavy (non-hydrogen) atoms. The Hall–Kier alpha value is -0.540. The smallest absolute Gasteiger partial charge is 0.0543 e. The van der Waals surface area contributed by atoms with Gasteiger partial charge in [0, 0.05) is 24.5 Å². The van der Waals surface area contributed by atoms with E-state index in [4.69, 9.17) is 0 Å². The number of pyridine rings is 1. The molecule has 2 rings (SSSR count). The average molecular weight is 194 g/mol. The standard InChI is InChI=1S/C10H14N2S/c13-10-4-6-12(8-10)7-9-3-1-2-5-11-9/h1-3,5,10,13H,4,6-8H2. The molecule has 0 N–H and O–H groups in total. The minimum absolute atomic E-state index is 0.559. The van der Waals surface area contributed by atoms with Crippen molar-refractivity contribution in [1.82, 2.24) is 9.88 Å². The predicted molar refractivity (Wildman–Crippen MR) is 56.9 cm³/mol. The Kier molecular flexibility index (Phi) is 2.86. The lowest BCUT2D eigenvalue weighted by Gasteiger charge is -2.13. The van der Waals surface area contributed by atoms with Crippen LogP contribution in [-0.4, -0.2) is 28.2 Å². The normalized spacial score (nSPS) is 23.6. The number of nitrogens with zero attached hydrogens (tertiary/aromatic N) is 2. The minimum atomic E-state index is 0.559. The fourth-order valence-corrected chi connectivity index (χ4v) is 2.02. The van der Waals surface area contributed by atoms with E-state index in [0.717, 1.165) is 25.3 Å². The van der Waals surface area contributed by atoms with Crippen LogP contribution in [0.3, 0.4) is 0 Å². The average Bonchev–Trinajstić information content (AvgIpc) is 2.53. The summed E-state index contributed by atoms with van der Waals surface area (Å²) in [6, 6.07) is 6.07. The first-order valence-electron chi connectivity index (χ1n) is 4.65. The Morgan fingerprint density at radius 3 is 3.08 bits per heavy atom. The lowest BCUT2D eigenvalue weighted by atomic mass is 10.3. The first-order chi connectivity index (χ1) is 6.34. The van der Waals surface area contributed by atoms with E-state index in [9.17, 15) is 0 Å². The van der Waals surface area contributed by atoms with Crippen LogP contribution >= 0.6 is 12.6 Å². The van der Waals surface area contributed by atoms with Crippen LogP contribution in [0.1, 0.15) is 12.1 Å². The number of hydrogen-bond acceptors (Lipinski definition) is 3. The summed E-state index contributed by atoms with van der Waals surface area (Å²) in [7, 11) is 0. The molecule has 3 heteroatoms. The Bertz CT molecular complexity index is 263. The molecule has 1 atom stereocenters. The Morgan fingerprint density at radius 1 is 1.54 bits per heavy atom. The van der Waals surface area contributed by atoms with E-state index in [1.165, 1.54) is 6.42 Å². The van der Waals surface area contributed by atoms with E-state index in [2.05, 4.69) is 28.6 Å². The predicted octanol–water partition coefficient (Wildman–Crippen LogP) is 1.59. The van der Waals surface area contributed by atoms with E-state index < -0.39 is 0 Å². The van der Waals surface area contributed by atoms with Crippen molar-refractivity contribution in [2.45, 2.75) is 18.2 Å². The van der Waals surface area contributed by atoms with Crippen molar-refractivity contribution in [3.8, 4) is 0 Å². The van der Waals surface area contributed by atoms with Crippen molar-refractivity contribution in [3.05, 3.63) is 30.1 Å². The van der Waals surface area contributed by atoms with Crippen molar-refractivity contribution >= 4 is 12.6 Å². The van der Waals surface area contributed by atoms with Gasteiger partial charge in [0.05, 0.1) is 5.69 Å². The zero-order chi connectivity index (χ0) is 9.10. The van der Waals surface area contributed by atoms with Gasteiger partial charge in [0.1, 0.15) is 0 Å². The maximum Gasteiger partial charge on any atom is 0.0543 e. The van der Waals surface area contributed by atoms with E-state index >= 15 is 0 Å². The summed E-state index contributed by atoms with van der Waals surface area (Å²) in [6.07, 6.45) is 3.06. The van der Waals surface area contributed by atoms with Crippen LogP contribution in [0.5, 0.6) is 0 Å². The third-order valence-corrected chi connectivity index (χ3v) is 2.78. The summed E-state index contributed by atoms with van der Waals surface area (Å²) < 4.78 is 0. The fraction of sp³-hybridized carbons (Fsp3) is 0.500. The zero-order valence-electron chi connectivity index (χ0n) is 7.56. The molecule has 0 saturated carbocycles. The fourth-order valence-electron chi connectivity index (χ4n) is 1.68. The molecule has 1 fully saturated rings. The molecule has 0 aliphatic carbocycles. The zero-order valence-corrected chi connectivity index (χ0v) is 8.45. The van der Waals surface area contributed by atoms with E-state index in [1.807, 2.05) is 18.3 Å². The molecule has 0 radical (unpaired) electrons. The van der Waals surface area contributed by atoms with Crippen LogP contribution in [0.15, 0.2) is 24.4 Å². The van der Waals surface area contributed by atoms with Gasteiger partial charge in [-0.1, -0.05) is 6.07 Å². The number of hydrogen-bond donors (Lipinski definition) is 1. The highest BCUT2D eigenvalue weighted by molar-refractivity contribution is 7.81. The maximum absolute atomic E-state index is 4.46. The molecule has 2 nitrogen and oxygen atoms in total. The Labute approximate surface area is 84.4 Å². The molecule has 1 aliphatic heterocycles. The van der Waals surface area contributed by atoms with Gasteiger partial charge in [-0.25, -0.2) is 0 Å². The molecule has 1 aromatic heterocycles. The van der Waals surface area contributed by atoms with E-state index in [0.29, 0.717) is 5.25 Å². The quantitative estimate of drug-likeness (QED) is 0.720. The maximum atomic E-state index is 4.46. The highest BCUT2D eigenvalue weighted by atomic mass is 32.1. The first kappa shape index (κ1) is 9.03. The molecular formula is C10H14N2S. The Morgan fingerprint density at radius 2 is 2.46 bits per heavy atom. The molecule has 0 amide bonds. The largest absolute Gasteiger partial charge is 0.296 e. The third kappa shape index (κ3) is 2.45. The van der Waals surface area contributed by atoms with Gasteiger partial charge in [-0.05, 0) is 25.1 Å². The van der Waals surface area contributed by atoms with Crippen molar-refractivity contribution in [1.29, 1.82) is 0 Å². The lowest BCUT2D eigenvalue weighted by molar-refractivity contribution is 0.328. The summed E-state index contributed by atoms with van der Waals surface area (Å²) in [5.41, 5.74) is 1.16. The van der Waals surface area contributed by atoms with Crippen molar-refractivity contribution in [2.24, 2.45) is 0 Å². The van der Waals surface area contributed by atoms with Gasteiger partial charge in [0.15, 0.2) is 0 Å². The third-order valence-electron chi connectivity index (χ3n) is 2.36. The summed E-state index contributed by atoms with van der Waals surface area (Å²) in [6.45, 7) is 3.22. The molecule has 0 aromatic carbocycles. The summed E-state index contributed by atoms with van der Waals surface area (Å²) in [5.74, 6) is 0. The second-order valence-corrected chi connectivity index (χ2v) is 4.23. The van der Waals surface area contributed by atoms with Crippen LogP contribution < -0.4 is 0 Å². The molecule has 70 valence electrons. The molecule has 1 aromatic rings. The van der Waals surface area contributed by atoms with Crippen molar-refractivity contribution in [2.75, 3.05) is 13.1 Å². The second-order valence-electron chi connectivity index (χ2n) is 3.50. The summed E-state index contributed by atoms with van der Waals surface area (Å²) >= 11 is 4.46. The monoisotopic (exact) mass is 194 g/mol. The van der Waals surface area contributed by atoms with Gasteiger partial charge in [0.25, 0.3) is 0 Å². The number of rotatable bonds is 2. The van der Waals surface area contributed by atoms with Crippen LogP contribution in [-0.2, 0) is 6.54 Å². The molecule has 2 heterocycles. The molecular weight excluding hydrogens is 180 g/mol. The topological polar surface area (TPSA) is 16.1 Å². The van der Waals surface area contributed by atoms with Gasteiger partial charge in [-0.15, -0.1) is 0 Å². The van der Waals surface area contributed by atoms with Crippen molar-refractivity contribution in [3.63, 3.8) is 0 Å². The Balaban J connectivity index is 1.92. The minimum Gasteiger partial charge on any atom is -0.296 e. The van der Waals surface area contributed by atoms with Gasteiger partial charge < -0.3 is 0 Å². The summed E-state index contributed by atoms with van der Waals surface area (Å²) in [4.78, 5) is 6.70.